The average molecular weight is 386 g/mol. The number of benzene rings is 3. The molecule has 0 saturated carbocycles. The fourth-order valence-corrected chi connectivity index (χ4v) is 3.82. The van der Waals surface area contributed by atoms with E-state index < -0.39 is 0 Å². The van der Waals surface area contributed by atoms with E-state index in [0.717, 1.165) is 51.1 Å². The molecule has 0 unspecified atom stereocenters. The highest BCUT2D eigenvalue weighted by molar-refractivity contribution is 7.71. The van der Waals surface area contributed by atoms with Gasteiger partial charge in [-0.2, -0.15) is 0 Å². The van der Waals surface area contributed by atoms with Crippen LogP contribution in [0.5, 0.6) is 0 Å². The van der Waals surface area contributed by atoms with E-state index in [2.05, 4.69) is 79.4 Å². The Hall–Kier alpha value is -2.91. The number of anilines is 1. The van der Waals surface area contributed by atoms with Crippen molar-refractivity contribution in [3.05, 3.63) is 83.4 Å². The van der Waals surface area contributed by atoms with Crippen molar-refractivity contribution in [1.82, 2.24) is 0 Å². The summed E-state index contributed by atoms with van der Waals surface area (Å²) in [7, 11) is 0. The second-order valence-corrected chi connectivity index (χ2v) is 7.19. The van der Waals surface area contributed by atoms with Crippen molar-refractivity contribution >= 4 is 29.1 Å². The SMILES string of the molecule is CCN(CC)c1cc(=S)c2cc(-c3ccccc3)cc(-c3ccccc3)c2o1. The average Bonchev–Trinajstić information content (AvgIpc) is 2.75. The van der Waals surface area contributed by atoms with Crippen LogP contribution in [0.25, 0.3) is 33.2 Å². The molecule has 3 heteroatoms. The summed E-state index contributed by atoms with van der Waals surface area (Å²) in [5, 5.41) is 0.978. The van der Waals surface area contributed by atoms with Crippen LogP contribution in [0, 0.1) is 4.51 Å². The van der Waals surface area contributed by atoms with Gasteiger partial charge in [0.2, 0.25) is 0 Å². The van der Waals surface area contributed by atoms with Crippen LogP contribution in [0.15, 0.2) is 83.3 Å². The molecule has 0 amide bonds. The third-order valence-electron chi connectivity index (χ3n) is 5.08. The van der Waals surface area contributed by atoms with Gasteiger partial charge in [-0.25, -0.2) is 0 Å². The second kappa shape index (κ2) is 7.99. The summed E-state index contributed by atoms with van der Waals surface area (Å²) in [5.74, 6) is 0.826. The number of hydrogen-bond donors (Lipinski definition) is 0. The zero-order valence-electron chi connectivity index (χ0n) is 16.2. The minimum Gasteiger partial charge on any atom is -0.440 e. The lowest BCUT2D eigenvalue weighted by Gasteiger charge is -2.20. The van der Waals surface area contributed by atoms with Gasteiger partial charge in [0.05, 0.1) is 4.51 Å². The highest BCUT2D eigenvalue weighted by atomic mass is 32.1. The lowest BCUT2D eigenvalue weighted by molar-refractivity contribution is 0.579. The van der Waals surface area contributed by atoms with E-state index in [1.54, 1.807) is 0 Å². The summed E-state index contributed by atoms with van der Waals surface area (Å²) in [6.45, 7) is 6.01. The van der Waals surface area contributed by atoms with E-state index in [4.69, 9.17) is 16.6 Å². The van der Waals surface area contributed by atoms with Gasteiger partial charge >= 0.3 is 0 Å². The molecule has 0 aliphatic rings. The van der Waals surface area contributed by atoms with E-state index in [0.29, 0.717) is 0 Å². The maximum absolute atomic E-state index is 6.42. The van der Waals surface area contributed by atoms with Crippen LogP contribution in [-0.4, -0.2) is 13.1 Å². The first-order chi connectivity index (χ1) is 13.7. The molecule has 3 aromatic carbocycles. The quantitative estimate of drug-likeness (QED) is 0.334. The molecule has 4 aromatic rings. The molecule has 0 saturated heterocycles. The molecule has 0 N–H and O–H groups in total. The van der Waals surface area contributed by atoms with Crippen molar-refractivity contribution in [3.63, 3.8) is 0 Å². The van der Waals surface area contributed by atoms with Crippen LogP contribution in [0.1, 0.15) is 13.8 Å². The smallest absolute Gasteiger partial charge is 0.197 e. The third kappa shape index (κ3) is 3.46. The second-order valence-electron chi connectivity index (χ2n) is 6.75. The Morgan fingerprint density at radius 1 is 0.750 bits per heavy atom. The number of hydrogen-bond acceptors (Lipinski definition) is 3. The van der Waals surface area contributed by atoms with Gasteiger partial charge in [0, 0.05) is 30.1 Å². The molecule has 0 fully saturated rings. The molecule has 4 rings (SSSR count). The van der Waals surface area contributed by atoms with E-state index in [-0.39, 0.29) is 0 Å². The van der Waals surface area contributed by atoms with Crippen molar-refractivity contribution in [2.75, 3.05) is 18.0 Å². The minimum absolute atomic E-state index is 0.818. The molecular weight excluding hydrogens is 362 g/mol. The molecule has 0 aliphatic carbocycles. The molecule has 1 heterocycles. The van der Waals surface area contributed by atoms with Crippen molar-refractivity contribution < 1.29 is 4.42 Å². The van der Waals surface area contributed by atoms with Crippen LogP contribution >= 0.6 is 12.2 Å². The first kappa shape index (κ1) is 18.5. The third-order valence-corrected chi connectivity index (χ3v) is 5.42. The molecule has 0 aliphatic heterocycles. The molecule has 0 bridgehead atoms. The van der Waals surface area contributed by atoms with Gasteiger partial charge in [0.15, 0.2) is 5.88 Å². The molecule has 1 aromatic heterocycles. The van der Waals surface area contributed by atoms with E-state index in [9.17, 15) is 0 Å². The molecule has 0 spiro atoms. The predicted octanol–water partition coefficient (Wildman–Crippen LogP) is 7.34. The topological polar surface area (TPSA) is 16.4 Å². The molecule has 0 radical (unpaired) electrons. The molecule has 28 heavy (non-hydrogen) atoms. The first-order valence-corrected chi connectivity index (χ1v) is 10.1. The van der Waals surface area contributed by atoms with E-state index in [1.165, 1.54) is 5.56 Å². The number of nitrogens with zero attached hydrogens (tertiary/aromatic N) is 1. The maximum atomic E-state index is 6.42. The largest absolute Gasteiger partial charge is 0.440 e. The van der Waals surface area contributed by atoms with Crippen molar-refractivity contribution in [2.24, 2.45) is 0 Å². The zero-order chi connectivity index (χ0) is 19.5. The van der Waals surface area contributed by atoms with Gasteiger partial charge in [0.1, 0.15) is 5.58 Å². The number of rotatable bonds is 5. The Morgan fingerprint density at radius 3 is 1.96 bits per heavy atom. The van der Waals surface area contributed by atoms with Gasteiger partial charge in [-0.3, -0.25) is 0 Å². The predicted molar refractivity (Wildman–Crippen MR) is 121 cm³/mol. The summed E-state index contributed by atoms with van der Waals surface area (Å²) < 4.78 is 7.24. The van der Waals surface area contributed by atoms with Crippen molar-refractivity contribution in [1.29, 1.82) is 0 Å². The Morgan fingerprint density at radius 2 is 1.36 bits per heavy atom. The Balaban J connectivity index is 2.04. The standard InChI is InChI=1S/C25H23NOS/c1-3-26(4-2)24-17-23(28)22-16-20(18-11-7-5-8-12-18)15-21(25(22)27-24)19-13-9-6-10-14-19/h5-17H,3-4H2,1-2H3. The Kier molecular flexibility index (Phi) is 5.27. The van der Waals surface area contributed by atoms with Crippen molar-refractivity contribution in [3.8, 4) is 22.3 Å². The van der Waals surface area contributed by atoms with Crippen molar-refractivity contribution in [2.45, 2.75) is 13.8 Å². The molecular formula is C25H23NOS. The van der Waals surface area contributed by atoms with Crippen LogP contribution in [0.4, 0.5) is 5.88 Å². The van der Waals surface area contributed by atoms with Gasteiger partial charge in [0.25, 0.3) is 0 Å². The van der Waals surface area contributed by atoms with Gasteiger partial charge in [-0.05, 0) is 42.7 Å². The Labute approximate surface area is 171 Å². The van der Waals surface area contributed by atoms with Crippen LogP contribution in [0.3, 0.4) is 0 Å². The van der Waals surface area contributed by atoms with Gasteiger partial charge in [-0.15, -0.1) is 0 Å². The summed E-state index contributed by atoms with van der Waals surface area (Å²) in [6, 6.07) is 27.1. The molecule has 2 nitrogen and oxygen atoms in total. The lowest BCUT2D eigenvalue weighted by atomic mass is 9.96. The minimum atomic E-state index is 0.818. The first-order valence-electron chi connectivity index (χ1n) is 9.69. The van der Waals surface area contributed by atoms with Crippen LogP contribution in [-0.2, 0) is 0 Å². The molecule has 0 atom stereocenters. The Bertz CT molecular complexity index is 1150. The van der Waals surface area contributed by atoms with Crippen LogP contribution in [0.2, 0.25) is 0 Å². The summed E-state index contributed by atoms with van der Waals surface area (Å²) >= 11 is 5.79. The monoisotopic (exact) mass is 385 g/mol. The summed E-state index contributed by atoms with van der Waals surface area (Å²) in [5.41, 5.74) is 5.35. The fraction of sp³-hybridized carbons (Fsp3) is 0.160. The molecule has 140 valence electrons. The van der Waals surface area contributed by atoms with Crippen LogP contribution < -0.4 is 4.90 Å². The zero-order valence-corrected chi connectivity index (χ0v) is 17.0. The summed E-state index contributed by atoms with van der Waals surface area (Å²) in [4.78, 5) is 2.19. The number of fused-ring (bicyclic) bond motifs is 1. The van der Waals surface area contributed by atoms with E-state index in [1.807, 2.05) is 18.2 Å². The summed E-state index contributed by atoms with van der Waals surface area (Å²) in [6.07, 6.45) is 0. The van der Waals surface area contributed by atoms with Gasteiger partial charge < -0.3 is 9.32 Å². The van der Waals surface area contributed by atoms with Gasteiger partial charge in [-0.1, -0.05) is 72.9 Å². The lowest BCUT2D eigenvalue weighted by Crippen LogP contribution is -2.21. The highest BCUT2D eigenvalue weighted by Crippen LogP contribution is 2.36. The van der Waals surface area contributed by atoms with E-state index >= 15 is 0 Å². The fourth-order valence-electron chi connectivity index (χ4n) is 3.57. The highest BCUT2D eigenvalue weighted by Gasteiger charge is 2.14. The normalized spacial score (nSPS) is 10.9. The maximum Gasteiger partial charge on any atom is 0.197 e.